The zero-order chi connectivity index (χ0) is 26.5. The predicted octanol–water partition coefficient (Wildman–Crippen LogP) is 3.54. The van der Waals surface area contributed by atoms with E-state index in [-0.39, 0.29) is 23.8 Å². The van der Waals surface area contributed by atoms with Crippen molar-refractivity contribution in [1.82, 2.24) is 10.4 Å². The monoisotopic (exact) mass is 516 g/mol. The zero-order valence-corrected chi connectivity index (χ0v) is 23.2. The van der Waals surface area contributed by atoms with E-state index in [0.29, 0.717) is 18.7 Å². The number of amides is 2. The molecular formula is C30H36N2O4Si. The fraction of sp³-hybridized carbons (Fsp3) is 0.333. The first kappa shape index (κ1) is 26.6. The SMILES string of the molecule is CCC(O[SiH](c1ccccc1)c1ccccc1)(c1ccc(OCC(=O)NN2CCC2=O)cc1)C(C)(C)C. The first-order chi connectivity index (χ1) is 17.7. The van der Waals surface area contributed by atoms with Gasteiger partial charge in [0.15, 0.2) is 6.61 Å². The normalized spacial score (nSPS) is 15.2. The largest absolute Gasteiger partial charge is 0.484 e. The zero-order valence-electron chi connectivity index (χ0n) is 22.1. The average Bonchev–Trinajstić information content (AvgIpc) is 2.91. The van der Waals surface area contributed by atoms with E-state index in [9.17, 15) is 9.59 Å². The van der Waals surface area contributed by atoms with Gasteiger partial charge in [0.2, 0.25) is 14.9 Å². The lowest BCUT2D eigenvalue weighted by molar-refractivity contribution is -0.150. The number of hydrogen-bond donors (Lipinski definition) is 1. The number of ether oxygens (including phenoxy) is 1. The molecule has 1 heterocycles. The Labute approximate surface area is 221 Å². The highest BCUT2D eigenvalue weighted by Gasteiger charge is 2.45. The number of hydrogen-bond acceptors (Lipinski definition) is 4. The summed E-state index contributed by atoms with van der Waals surface area (Å²) >= 11 is 0. The van der Waals surface area contributed by atoms with Gasteiger partial charge in [-0.05, 0) is 39.9 Å². The van der Waals surface area contributed by atoms with Crippen LogP contribution in [0.3, 0.4) is 0 Å². The van der Waals surface area contributed by atoms with Gasteiger partial charge in [-0.2, -0.15) is 0 Å². The minimum atomic E-state index is -2.04. The minimum Gasteiger partial charge on any atom is -0.484 e. The van der Waals surface area contributed by atoms with Gasteiger partial charge in [0.05, 0.1) is 12.1 Å². The highest BCUT2D eigenvalue weighted by molar-refractivity contribution is 6.80. The Morgan fingerprint density at radius 1 is 0.919 bits per heavy atom. The number of β-lactam (4-membered cyclic amide) rings is 1. The molecular weight excluding hydrogens is 480 g/mol. The summed E-state index contributed by atoms with van der Waals surface area (Å²) in [6, 6.07) is 28.9. The van der Waals surface area contributed by atoms with Gasteiger partial charge in [-0.15, -0.1) is 0 Å². The molecule has 1 atom stereocenters. The lowest BCUT2D eigenvalue weighted by Gasteiger charge is -2.47. The Kier molecular flexibility index (Phi) is 8.15. The van der Waals surface area contributed by atoms with Crippen molar-refractivity contribution in [3.8, 4) is 5.75 Å². The Hall–Kier alpha value is -3.42. The molecule has 0 aromatic heterocycles. The summed E-state index contributed by atoms with van der Waals surface area (Å²) in [6.45, 7) is 9.24. The van der Waals surface area contributed by atoms with Gasteiger partial charge in [0.1, 0.15) is 5.75 Å². The Balaban J connectivity index is 1.58. The highest BCUT2D eigenvalue weighted by Crippen LogP contribution is 2.46. The molecule has 4 rings (SSSR count). The van der Waals surface area contributed by atoms with Crippen LogP contribution >= 0.6 is 0 Å². The lowest BCUT2D eigenvalue weighted by atomic mass is 9.70. The molecule has 6 nitrogen and oxygen atoms in total. The smallest absolute Gasteiger partial charge is 0.276 e. The maximum Gasteiger partial charge on any atom is 0.276 e. The topological polar surface area (TPSA) is 67.9 Å². The molecule has 7 heteroatoms. The van der Waals surface area contributed by atoms with Crippen molar-refractivity contribution in [3.63, 3.8) is 0 Å². The first-order valence-corrected chi connectivity index (χ1v) is 14.5. The molecule has 0 bridgehead atoms. The molecule has 1 N–H and O–H groups in total. The molecule has 0 radical (unpaired) electrons. The number of nitrogens with zero attached hydrogens (tertiary/aromatic N) is 1. The van der Waals surface area contributed by atoms with Gasteiger partial charge in [-0.1, -0.05) is 100 Å². The van der Waals surface area contributed by atoms with E-state index in [1.807, 2.05) is 36.4 Å². The molecule has 0 spiro atoms. The average molecular weight is 517 g/mol. The number of nitrogens with one attached hydrogen (secondary N) is 1. The summed E-state index contributed by atoms with van der Waals surface area (Å²) in [5, 5.41) is 3.79. The summed E-state index contributed by atoms with van der Waals surface area (Å²) in [7, 11) is -2.04. The molecule has 1 aliphatic rings. The van der Waals surface area contributed by atoms with E-state index in [0.717, 1.165) is 12.0 Å². The molecule has 1 aliphatic heterocycles. The van der Waals surface area contributed by atoms with Gasteiger partial charge in [-0.25, -0.2) is 0 Å². The van der Waals surface area contributed by atoms with Gasteiger partial charge >= 0.3 is 0 Å². The van der Waals surface area contributed by atoms with Gasteiger partial charge in [0.25, 0.3) is 5.91 Å². The number of carbonyl (C=O) groups is 2. The van der Waals surface area contributed by atoms with Crippen molar-refractivity contribution >= 4 is 31.2 Å². The van der Waals surface area contributed by atoms with Gasteiger partial charge in [0, 0.05) is 6.42 Å². The van der Waals surface area contributed by atoms with Crippen LogP contribution in [0.5, 0.6) is 5.75 Å². The predicted molar refractivity (Wildman–Crippen MR) is 148 cm³/mol. The molecule has 0 saturated carbocycles. The summed E-state index contributed by atoms with van der Waals surface area (Å²) < 4.78 is 13.0. The number of hydrazine groups is 1. The lowest BCUT2D eigenvalue weighted by Crippen LogP contribution is -2.55. The van der Waals surface area contributed by atoms with E-state index >= 15 is 0 Å². The van der Waals surface area contributed by atoms with Crippen LogP contribution in [0.2, 0.25) is 0 Å². The molecule has 2 amide bonds. The standard InChI is InChI=1S/C30H36N2O4Si/c1-5-30(29(2,3)4,36-37(25-12-8-6-9-13-25)26-14-10-7-11-15-26)23-16-18-24(19-17-23)35-22-27(33)31-32-21-20-28(32)34/h6-19,37H,5,20-22H2,1-4H3,(H,31,33). The van der Waals surface area contributed by atoms with Crippen LogP contribution in [0.1, 0.15) is 46.1 Å². The number of rotatable bonds is 10. The second kappa shape index (κ2) is 11.3. The fourth-order valence-electron chi connectivity index (χ4n) is 4.87. The molecule has 1 fully saturated rings. The molecule has 3 aromatic rings. The Bertz CT molecular complexity index is 1160. The van der Waals surface area contributed by atoms with Crippen LogP contribution in [0.4, 0.5) is 0 Å². The third-order valence-corrected chi connectivity index (χ3v) is 9.65. The third-order valence-electron chi connectivity index (χ3n) is 7.03. The van der Waals surface area contributed by atoms with Crippen LogP contribution in [0, 0.1) is 5.41 Å². The number of benzene rings is 3. The van der Waals surface area contributed by atoms with Crippen LogP contribution in [-0.2, 0) is 19.6 Å². The molecule has 1 saturated heterocycles. The molecule has 1 unspecified atom stereocenters. The van der Waals surface area contributed by atoms with Gasteiger partial charge in [-0.3, -0.25) is 20.0 Å². The van der Waals surface area contributed by atoms with E-state index in [2.05, 4.69) is 81.7 Å². The molecule has 0 aliphatic carbocycles. The van der Waals surface area contributed by atoms with Crippen molar-refractivity contribution in [2.45, 2.75) is 46.1 Å². The highest BCUT2D eigenvalue weighted by atomic mass is 28.3. The van der Waals surface area contributed by atoms with Crippen molar-refractivity contribution in [1.29, 1.82) is 0 Å². The van der Waals surface area contributed by atoms with E-state index < -0.39 is 14.6 Å². The molecule has 3 aromatic carbocycles. The molecule has 37 heavy (non-hydrogen) atoms. The molecule has 194 valence electrons. The first-order valence-electron chi connectivity index (χ1n) is 12.8. The number of carbonyl (C=O) groups excluding carboxylic acids is 2. The van der Waals surface area contributed by atoms with Crippen molar-refractivity contribution in [2.24, 2.45) is 5.41 Å². The minimum absolute atomic E-state index is 0.0800. The third kappa shape index (κ3) is 5.94. The van der Waals surface area contributed by atoms with E-state index in [1.54, 1.807) is 0 Å². The maximum atomic E-state index is 12.1. The Morgan fingerprint density at radius 3 is 1.92 bits per heavy atom. The quantitative estimate of drug-likeness (QED) is 0.331. The second-order valence-corrected chi connectivity index (χ2v) is 12.7. The van der Waals surface area contributed by atoms with E-state index in [1.165, 1.54) is 15.4 Å². The van der Waals surface area contributed by atoms with Crippen molar-refractivity contribution in [2.75, 3.05) is 13.2 Å². The summed E-state index contributed by atoms with van der Waals surface area (Å²) in [6.07, 6.45) is 1.27. The summed E-state index contributed by atoms with van der Waals surface area (Å²) in [5.41, 5.74) is 2.91. The van der Waals surface area contributed by atoms with Crippen molar-refractivity contribution in [3.05, 3.63) is 90.5 Å². The van der Waals surface area contributed by atoms with E-state index in [4.69, 9.17) is 9.16 Å². The fourth-order valence-corrected chi connectivity index (χ4v) is 7.73. The summed E-state index contributed by atoms with van der Waals surface area (Å²) in [4.78, 5) is 23.5. The van der Waals surface area contributed by atoms with Crippen LogP contribution < -0.4 is 20.5 Å². The Morgan fingerprint density at radius 2 is 1.49 bits per heavy atom. The summed E-state index contributed by atoms with van der Waals surface area (Å²) in [5.74, 6) is 0.161. The van der Waals surface area contributed by atoms with Crippen molar-refractivity contribution < 1.29 is 18.8 Å². The van der Waals surface area contributed by atoms with Crippen LogP contribution in [0.25, 0.3) is 0 Å². The van der Waals surface area contributed by atoms with Crippen LogP contribution in [-0.4, -0.2) is 39.0 Å². The van der Waals surface area contributed by atoms with Crippen LogP contribution in [0.15, 0.2) is 84.9 Å². The second-order valence-electron chi connectivity index (χ2n) is 10.4. The maximum absolute atomic E-state index is 12.1. The van der Waals surface area contributed by atoms with Gasteiger partial charge < -0.3 is 9.16 Å².